The van der Waals surface area contributed by atoms with E-state index in [2.05, 4.69) is 0 Å². The average molecular weight is 234 g/mol. The third-order valence-electron chi connectivity index (χ3n) is 2.83. The topological polar surface area (TPSA) is 47.2 Å². The molecule has 0 radical (unpaired) electrons. The third-order valence-corrected chi connectivity index (χ3v) is 2.83. The summed E-state index contributed by atoms with van der Waals surface area (Å²) in [6, 6.07) is 7.80. The SMILES string of the molecule is CC(O)Cn1c(=O)n(C(C)C)c2ccccc21. The molecule has 0 spiro atoms. The molecule has 2 rings (SSSR count). The number of aliphatic hydroxyl groups is 1. The van der Waals surface area contributed by atoms with E-state index in [0.717, 1.165) is 11.0 Å². The highest BCUT2D eigenvalue weighted by molar-refractivity contribution is 5.76. The van der Waals surface area contributed by atoms with E-state index in [4.69, 9.17) is 0 Å². The molecular formula is C13H18N2O2. The van der Waals surface area contributed by atoms with E-state index >= 15 is 0 Å². The van der Waals surface area contributed by atoms with Crippen LogP contribution in [0.1, 0.15) is 26.8 Å². The number of hydrogen-bond acceptors (Lipinski definition) is 2. The summed E-state index contributed by atoms with van der Waals surface area (Å²) in [5.41, 5.74) is 1.75. The Labute approximate surface area is 100 Å². The maximum absolute atomic E-state index is 12.3. The van der Waals surface area contributed by atoms with Gasteiger partial charge in [0.1, 0.15) is 0 Å². The highest BCUT2D eigenvalue weighted by atomic mass is 16.3. The van der Waals surface area contributed by atoms with Crippen LogP contribution in [0, 0.1) is 0 Å². The first-order valence-electron chi connectivity index (χ1n) is 5.90. The Balaban J connectivity index is 2.75. The van der Waals surface area contributed by atoms with Crippen molar-refractivity contribution in [1.82, 2.24) is 9.13 Å². The van der Waals surface area contributed by atoms with E-state index in [-0.39, 0.29) is 11.7 Å². The van der Waals surface area contributed by atoms with Gasteiger partial charge in [-0.25, -0.2) is 4.79 Å². The van der Waals surface area contributed by atoms with Gasteiger partial charge in [-0.2, -0.15) is 0 Å². The molecule has 0 amide bonds. The molecule has 2 aromatic rings. The molecule has 4 nitrogen and oxygen atoms in total. The zero-order valence-electron chi connectivity index (χ0n) is 10.4. The highest BCUT2D eigenvalue weighted by Gasteiger charge is 2.15. The summed E-state index contributed by atoms with van der Waals surface area (Å²) in [7, 11) is 0. The van der Waals surface area contributed by atoms with Crippen LogP contribution in [0.3, 0.4) is 0 Å². The van der Waals surface area contributed by atoms with Gasteiger partial charge in [0.25, 0.3) is 0 Å². The Morgan fingerprint density at radius 3 is 2.29 bits per heavy atom. The Bertz CT molecular complexity index is 579. The molecule has 0 saturated carbocycles. The minimum Gasteiger partial charge on any atom is -0.392 e. The minimum absolute atomic E-state index is 0.0536. The van der Waals surface area contributed by atoms with Gasteiger partial charge in [-0.3, -0.25) is 9.13 Å². The fourth-order valence-electron chi connectivity index (χ4n) is 2.17. The molecule has 92 valence electrons. The predicted octanol–water partition coefficient (Wildman–Crippen LogP) is 1.76. The standard InChI is InChI=1S/C13H18N2O2/c1-9(2)15-12-7-5-4-6-11(12)14(13(15)17)8-10(3)16/h4-7,9-10,16H,8H2,1-3H3. The van der Waals surface area contributed by atoms with E-state index in [1.807, 2.05) is 38.1 Å². The zero-order chi connectivity index (χ0) is 12.6. The first-order valence-corrected chi connectivity index (χ1v) is 5.90. The van der Waals surface area contributed by atoms with Crippen LogP contribution in [0.25, 0.3) is 11.0 Å². The van der Waals surface area contributed by atoms with Crippen LogP contribution in [-0.2, 0) is 6.54 Å². The van der Waals surface area contributed by atoms with Crippen LogP contribution < -0.4 is 5.69 Å². The smallest absolute Gasteiger partial charge is 0.329 e. The van der Waals surface area contributed by atoms with Crippen molar-refractivity contribution in [2.45, 2.75) is 39.5 Å². The van der Waals surface area contributed by atoms with Crippen LogP contribution >= 0.6 is 0 Å². The van der Waals surface area contributed by atoms with Gasteiger partial charge < -0.3 is 5.11 Å². The fourth-order valence-corrected chi connectivity index (χ4v) is 2.17. The first-order chi connectivity index (χ1) is 8.02. The molecule has 1 aromatic carbocycles. The van der Waals surface area contributed by atoms with Gasteiger partial charge in [-0.15, -0.1) is 0 Å². The van der Waals surface area contributed by atoms with Gasteiger partial charge in [-0.1, -0.05) is 12.1 Å². The summed E-state index contributed by atoms with van der Waals surface area (Å²) in [6.45, 7) is 5.99. The van der Waals surface area contributed by atoms with E-state index < -0.39 is 6.10 Å². The molecule has 17 heavy (non-hydrogen) atoms. The third kappa shape index (κ3) is 2.00. The quantitative estimate of drug-likeness (QED) is 0.879. The first kappa shape index (κ1) is 11.9. The molecule has 1 unspecified atom stereocenters. The number of imidazole rings is 1. The monoisotopic (exact) mass is 234 g/mol. The van der Waals surface area contributed by atoms with Gasteiger partial charge in [0.15, 0.2) is 0 Å². The number of benzene rings is 1. The molecule has 0 fully saturated rings. The van der Waals surface area contributed by atoms with Crippen LogP contribution in [0.15, 0.2) is 29.1 Å². The maximum atomic E-state index is 12.3. The van der Waals surface area contributed by atoms with Crippen molar-refractivity contribution >= 4 is 11.0 Å². The van der Waals surface area contributed by atoms with Gasteiger partial charge in [0.2, 0.25) is 0 Å². The van der Waals surface area contributed by atoms with Crippen LogP contribution in [0.2, 0.25) is 0 Å². The number of nitrogens with zero attached hydrogens (tertiary/aromatic N) is 2. The largest absolute Gasteiger partial charge is 0.392 e. The molecule has 0 aliphatic carbocycles. The van der Waals surface area contributed by atoms with Crippen molar-refractivity contribution in [2.24, 2.45) is 0 Å². The summed E-state index contributed by atoms with van der Waals surface area (Å²) in [5, 5.41) is 9.47. The Hall–Kier alpha value is -1.55. The van der Waals surface area contributed by atoms with Crippen molar-refractivity contribution < 1.29 is 5.11 Å². The lowest BCUT2D eigenvalue weighted by molar-refractivity contribution is 0.173. The summed E-state index contributed by atoms with van der Waals surface area (Å²) >= 11 is 0. The number of fused-ring (bicyclic) bond motifs is 1. The fraction of sp³-hybridized carbons (Fsp3) is 0.462. The Kier molecular flexibility index (Phi) is 3.07. The Morgan fingerprint density at radius 1 is 1.18 bits per heavy atom. The number of aliphatic hydroxyl groups excluding tert-OH is 1. The van der Waals surface area contributed by atoms with Crippen molar-refractivity contribution in [3.63, 3.8) is 0 Å². The van der Waals surface area contributed by atoms with E-state index in [9.17, 15) is 9.90 Å². The lowest BCUT2D eigenvalue weighted by atomic mass is 10.3. The van der Waals surface area contributed by atoms with Crippen molar-refractivity contribution in [3.05, 3.63) is 34.7 Å². The number of rotatable bonds is 3. The van der Waals surface area contributed by atoms with Gasteiger partial charge >= 0.3 is 5.69 Å². The molecule has 0 bridgehead atoms. The lowest BCUT2D eigenvalue weighted by Crippen LogP contribution is -2.28. The molecule has 1 heterocycles. The van der Waals surface area contributed by atoms with Crippen molar-refractivity contribution in [2.75, 3.05) is 0 Å². The second kappa shape index (κ2) is 4.37. The summed E-state index contributed by atoms with van der Waals surface area (Å²) < 4.78 is 3.40. The van der Waals surface area contributed by atoms with Crippen LogP contribution in [-0.4, -0.2) is 20.3 Å². The molecule has 0 aliphatic heterocycles. The number of hydrogen-bond donors (Lipinski definition) is 1. The lowest BCUT2D eigenvalue weighted by Gasteiger charge is -2.06. The number of para-hydroxylation sites is 2. The van der Waals surface area contributed by atoms with E-state index in [1.165, 1.54) is 0 Å². The molecule has 1 atom stereocenters. The second-order valence-corrected chi connectivity index (χ2v) is 4.69. The summed E-state index contributed by atoms with van der Waals surface area (Å²) in [4.78, 5) is 12.3. The van der Waals surface area contributed by atoms with Gasteiger partial charge in [0, 0.05) is 6.04 Å². The van der Waals surface area contributed by atoms with Crippen LogP contribution in [0.4, 0.5) is 0 Å². The average Bonchev–Trinajstić information content (AvgIpc) is 2.52. The number of aromatic nitrogens is 2. The summed E-state index contributed by atoms with van der Waals surface area (Å²) in [6.07, 6.45) is -0.529. The predicted molar refractivity (Wildman–Crippen MR) is 68.3 cm³/mol. The summed E-state index contributed by atoms with van der Waals surface area (Å²) in [5.74, 6) is 0. The molecule has 1 N–H and O–H groups in total. The van der Waals surface area contributed by atoms with E-state index in [1.54, 1.807) is 16.1 Å². The van der Waals surface area contributed by atoms with E-state index in [0.29, 0.717) is 6.54 Å². The van der Waals surface area contributed by atoms with Crippen LogP contribution in [0.5, 0.6) is 0 Å². The molecule has 4 heteroatoms. The van der Waals surface area contributed by atoms with Gasteiger partial charge in [-0.05, 0) is 32.9 Å². The van der Waals surface area contributed by atoms with Gasteiger partial charge in [0.05, 0.1) is 23.7 Å². The molecule has 0 saturated heterocycles. The zero-order valence-corrected chi connectivity index (χ0v) is 10.4. The van der Waals surface area contributed by atoms with Crippen molar-refractivity contribution in [1.29, 1.82) is 0 Å². The highest BCUT2D eigenvalue weighted by Crippen LogP contribution is 2.16. The van der Waals surface area contributed by atoms with Crippen molar-refractivity contribution in [3.8, 4) is 0 Å². The molecular weight excluding hydrogens is 216 g/mol. The minimum atomic E-state index is -0.529. The maximum Gasteiger partial charge on any atom is 0.329 e. The second-order valence-electron chi connectivity index (χ2n) is 4.69. The normalized spacial score (nSPS) is 13.5. The molecule has 0 aliphatic rings. The Morgan fingerprint density at radius 2 is 1.76 bits per heavy atom. The molecule has 1 aromatic heterocycles.